The van der Waals surface area contributed by atoms with Crippen LogP contribution in [0.3, 0.4) is 0 Å². The number of aromatic nitrogens is 2. The summed E-state index contributed by atoms with van der Waals surface area (Å²) in [6.45, 7) is 3.59. The van der Waals surface area contributed by atoms with Crippen molar-refractivity contribution in [3.63, 3.8) is 0 Å². The summed E-state index contributed by atoms with van der Waals surface area (Å²) in [5.74, 6) is -0.479. The van der Waals surface area contributed by atoms with E-state index in [2.05, 4.69) is 22.4 Å². The number of carbonyl (C=O) groups excluding carboxylic acids is 1. The van der Waals surface area contributed by atoms with Crippen LogP contribution in [-0.2, 0) is 22.5 Å². The van der Waals surface area contributed by atoms with Gasteiger partial charge in [0.2, 0.25) is 0 Å². The van der Waals surface area contributed by atoms with E-state index >= 15 is 0 Å². The molecular formula is C24H25N3O4. The molecule has 1 aliphatic carbocycles. The van der Waals surface area contributed by atoms with E-state index < -0.39 is 17.6 Å². The van der Waals surface area contributed by atoms with Crippen molar-refractivity contribution in [2.45, 2.75) is 38.3 Å². The first-order chi connectivity index (χ1) is 14.9. The Morgan fingerprint density at radius 3 is 2.32 bits per heavy atom. The maximum atomic E-state index is 12.6. The molecule has 160 valence electrons. The molecule has 3 aromatic rings. The maximum Gasteiger partial charge on any atom is 0.408 e. The van der Waals surface area contributed by atoms with Gasteiger partial charge < -0.3 is 19.7 Å². The number of rotatable bonds is 7. The van der Waals surface area contributed by atoms with Crippen LogP contribution in [0.5, 0.6) is 0 Å². The Bertz CT molecular complexity index is 1080. The largest absolute Gasteiger partial charge is 0.479 e. The number of fused-ring (bicyclic) bond motifs is 3. The fourth-order valence-electron chi connectivity index (χ4n) is 4.16. The zero-order valence-electron chi connectivity index (χ0n) is 17.5. The summed E-state index contributed by atoms with van der Waals surface area (Å²) in [5, 5.41) is 12.3. The monoisotopic (exact) mass is 419 g/mol. The van der Waals surface area contributed by atoms with Crippen molar-refractivity contribution < 1.29 is 19.4 Å². The van der Waals surface area contributed by atoms with Gasteiger partial charge >= 0.3 is 12.1 Å². The van der Waals surface area contributed by atoms with Gasteiger partial charge in [-0.05, 0) is 29.2 Å². The number of nitrogens with zero attached hydrogens (tertiary/aromatic N) is 2. The third-order valence-electron chi connectivity index (χ3n) is 5.80. The van der Waals surface area contributed by atoms with Gasteiger partial charge in [0.15, 0.2) is 5.54 Å². The van der Waals surface area contributed by atoms with Gasteiger partial charge in [-0.15, -0.1) is 0 Å². The van der Waals surface area contributed by atoms with Gasteiger partial charge in [0, 0.05) is 24.7 Å². The van der Waals surface area contributed by atoms with Crippen LogP contribution >= 0.6 is 0 Å². The Morgan fingerprint density at radius 1 is 1.13 bits per heavy atom. The Balaban J connectivity index is 1.48. The molecule has 2 N–H and O–H groups in total. The molecule has 0 spiro atoms. The van der Waals surface area contributed by atoms with E-state index in [4.69, 9.17) is 4.74 Å². The van der Waals surface area contributed by atoms with Gasteiger partial charge in [-0.25, -0.2) is 14.6 Å². The lowest BCUT2D eigenvalue weighted by atomic mass is 9.98. The lowest BCUT2D eigenvalue weighted by Gasteiger charge is -2.27. The van der Waals surface area contributed by atoms with Crippen LogP contribution in [0.2, 0.25) is 0 Å². The van der Waals surface area contributed by atoms with E-state index in [1.165, 1.54) is 6.92 Å². The number of hydrogen-bond donors (Lipinski definition) is 2. The lowest BCUT2D eigenvalue weighted by Crippen LogP contribution is -2.55. The molecule has 7 heteroatoms. The highest BCUT2D eigenvalue weighted by atomic mass is 16.5. The Kier molecular flexibility index (Phi) is 5.50. The van der Waals surface area contributed by atoms with Gasteiger partial charge in [0.25, 0.3) is 0 Å². The number of carboxylic acids is 1. The number of imidazole rings is 1. The van der Waals surface area contributed by atoms with Gasteiger partial charge in [-0.2, -0.15) is 0 Å². The van der Waals surface area contributed by atoms with Crippen molar-refractivity contribution in [2.75, 3.05) is 6.61 Å². The molecule has 4 rings (SSSR count). The molecule has 0 saturated heterocycles. The normalized spacial score (nSPS) is 14.4. The molecule has 0 aliphatic heterocycles. The quantitative estimate of drug-likeness (QED) is 0.607. The molecule has 2 aromatic carbocycles. The predicted octanol–water partition coefficient (Wildman–Crippen LogP) is 3.83. The van der Waals surface area contributed by atoms with Crippen molar-refractivity contribution in [3.05, 3.63) is 77.9 Å². The molecule has 0 radical (unpaired) electrons. The van der Waals surface area contributed by atoms with E-state index in [1.807, 2.05) is 43.3 Å². The molecule has 1 unspecified atom stereocenters. The number of hydrogen-bond acceptors (Lipinski definition) is 4. The van der Waals surface area contributed by atoms with Crippen molar-refractivity contribution in [1.82, 2.24) is 14.9 Å². The predicted molar refractivity (Wildman–Crippen MR) is 116 cm³/mol. The molecule has 0 bridgehead atoms. The SMILES string of the molecule is CCc1nccn1CC(C)(NC(=O)OCC1c2ccccc2-c2ccccc21)C(=O)O. The zero-order chi connectivity index (χ0) is 22.0. The van der Waals surface area contributed by atoms with Crippen LogP contribution in [0.15, 0.2) is 60.9 Å². The smallest absolute Gasteiger partial charge is 0.408 e. The molecule has 1 amide bonds. The van der Waals surface area contributed by atoms with Crippen LogP contribution < -0.4 is 5.32 Å². The number of carbonyl (C=O) groups is 2. The Hall–Kier alpha value is -3.61. The fraction of sp³-hybridized carbons (Fsp3) is 0.292. The lowest BCUT2D eigenvalue weighted by molar-refractivity contribution is -0.144. The minimum absolute atomic E-state index is 0.0513. The number of amides is 1. The van der Waals surface area contributed by atoms with Crippen LogP contribution in [0, 0.1) is 0 Å². The zero-order valence-corrected chi connectivity index (χ0v) is 17.5. The van der Waals surface area contributed by atoms with Crippen molar-refractivity contribution in [1.29, 1.82) is 0 Å². The molecule has 1 aromatic heterocycles. The van der Waals surface area contributed by atoms with E-state index in [9.17, 15) is 14.7 Å². The van der Waals surface area contributed by atoms with E-state index in [-0.39, 0.29) is 19.1 Å². The number of carboxylic acid groups (broad SMARTS) is 1. The highest BCUT2D eigenvalue weighted by Crippen LogP contribution is 2.44. The molecule has 0 fully saturated rings. The summed E-state index contributed by atoms with van der Waals surface area (Å²) < 4.78 is 7.26. The first-order valence-corrected chi connectivity index (χ1v) is 10.3. The molecule has 1 atom stereocenters. The van der Waals surface area contributed by atoms with E-state index in [0.717, 1.165) is 28.1 Å². The number of ether oxygens (including phenoxy) is 1. The molecular weight excluding hydrogens is 394 g/mol. The average Bonchev–Trinajstić information content (AvgIpc) is 3.34. The summed E-state index contributed by atoms with van der Waals surface area (Å²) in [6.07, 6.45) is 3.23. The minimum Gasteiger partial charge on any atom is -0.479 e. The van der Waals surface area contributed by atoms with Gasteiger partial charge in [0.1, 0.15) is 12.4 Å². The summed E-state index contributed by atoms with van der Waals surface area (Å²) in [6, 6.07) is 16.1. The van der Waals surface area contributed by atoms with E-state index in [1.54, 1.807) is 17.0 Å². The Labute approximate surface area is 180 Å². The number of aliphatic carboxylic acids is 1. The van der Waals surface area contributed by atoms with Crippen molar-refractivity contribution in [2.24, 2.45) is 0 Å². The van der Waals surface area contributed by atoms with Crippen molar-refractivity contribution >= 4 is 12.1 Å². The third-order valence-corrected chi connectivity index (χ3v) is 5.80. The fourth-order valence-corrected chi connectivity index (χ4v) is 4.16. The standard InChI is InChI=1S/C24H25N3O4/c1-3-21-25-12-13-27(21)15-24(2,22(28)29)26-23(30)31-14-20-18-10-6-4-8-16(18)17-9-5-7-11-19(17)20/h4-13,20H,3,14-15H2,1-2H3,(H,26,30)(H,28,29). The van der Waals surface area contributed by atoms with Crippen LogP contribution in [0.4, 0.5) is 4.79 Å². The summed E-state index contributed by atoms with van der Waals surface area (Å²) >= 11 is 0. The Morgan fingerprint density at radius 2 is 1.74 bits per heavy atom. The number of nitrogens with one attached hydrogen (secondary N) is 1. The van der Waals surface area contributed by atoms with Crippen molar-refractivity contribution in [3.8, 4) is 11.1 Å². The second-order valence-electron chi connectivity index (χ2n) is 7.91. The number of aryl methyl sites for hydroxylation is 1. The van der Waals surface area contributed by atoms with Gasteiger partial charge in [-0.3, -0.25) is 0 Å². The first-order valence-electron chi connectivity index (χ1n) is 10.3. The van der Waals surface area contributed by atoms with Crippen LogP contribution in [0.1, 0.15) is 36.7 Å². The summed E-state index contributed by atoms with van der Waals surface area (Å²) in [4.78, 5) is 28.8. The first kappa shape index (κ1) is 20.7. The summed E-state index contributed by atoms with van der Waals surface area (Å²) in [7, 11) is 0. The molecule has 1 aliphatic rings. The van der Waals surface area contributed by atoms with Gasteiger partial charge in [0.05, 0.1) is 6.54 Å². The van der Waals surface area contributed by atoms with Crippen LogP contribution in [0.25, 0.3) is 11.1 Å². The maximum absolute atomic E-state index is 12.6. The van der Waals surface area contributed by atoms with E-state index in [0.29, 0.717) is 6.42 Å². The second-order valence-corrected chi connectivity index (χ2v) is 7.91. The summed E-state index contributed by atoms with van der Waals surface area (Å²) in [5.41, 5.74) is 2.93. The third kappa shape index (κ3) is 3.91. The van der Waals surface area contributed by atoms with Crippen LogP contribution in [-0.4, -0.2) is 38.9 Å². The topological polar surface area (TPSA) is 93.5 Å². The molecule has 7 nitrogen and oxygen atoms in total. The highest BCUT2D eigenvalue weighted by molar-refractivity contribution is 5.84. The number of benzene rings is 2. The minimum atomic E-state index is -1.53. The highest BCUT2D eigenvalue weighted by Gasteiger charge is 2.37. The van der Waals surface area contributed by atoms with Gasteiger partial charge in [-0.1, -0.05) is 55.5 Å². The second kappa shape index (κ2) is 8.26. The average molecular weight is 419 g/mol. The molecule has 31 heavy (non-hydrogen) atoms. The molecule has 0 saturated carbocycles. The number of alkyl carbamates (subject to hydrolysis) is 1. The molecule has 1 heterocycles.